The number of aliphatic imine (C=N–C) groups is 1. The Hall–Kier alpha value is -2.46. The molecule has 0 heterocycles. The second kappa shape index (κ2) is 5.31. The molecule has 0 radical (unpaired) electrons. The van der Waals surface area contributed by atoms with Crippen LogP contribution in [0.5, 0.6) is 0 Å². The van der Waals surface area contributed by atoms with Crippen LogP contribution in [-0.4, -0.2) is 18.0 Å². The summed E-state index contributed by atoms with van der Waals surface area (Å²) in [5.74, 6) is 0. The Morgan fingerprint density at radius 1 is 1.33 bits per heavy atom. The maximum absolute atomic E-state index is 8.65. The lowest BCUT2D eigenvalue weighted by molar-refractivity contribution is 1.09. The van der Waals surface area contributed by atoms with Crippen LogP contribution in [0.4, 0.5) is 0 Å². The zero-order valence-corrected chi connectivity index (χ0v) is 7.88. The zero-order valence-electron chi connectivity index (χ0n) is 7.88. The Bertz CT molecular complexity index is 448. The molecule has 0 amide bonds. The van der Waals surface area contributed by atoms with E-state index in [-0.39, 0.29) is 5.71 Å². The first-order valence-electron chi connectivity index (χ1n) is 4.24. The smallest absolute Gasteiger partial charge is 0.187 e. The first-order chi connectivity index (χ1) is 7.27. The van der Waals surface area contributed by atoms with Gasteiger partial charge in [0, 0.05) is 6.21 Å². The molecule has 1 atom stereocenters. The molecule has 0 aliphatic carbocycles. The molecular weight excluding hydrogens is 188 g/mol. The first kappa shape index (κ1) is 10.6. The van der Waals surface area contributed by atoms with Gasteiger partial charge in [-0.05, 0) is 5.56 Å². The summed E-state index contributed by atoms with van der Waals surface area (Å²) >= 11 is 0. The van der Waals surface area contributed by atoms with Crippen molar-refractivity contribution in [3.05, 3.63) is 35.9 Å². The molecule has 0 saturated carbocycles. The summed E-state index contributed by atoms with van der Waals surface area (Å²) in [6.45, 7) is 0. The standard InChI is InChI=1S/C11H8N4/c12-6-10(14)11(7-13)15-8-9-4-2-1-3-5-9/h1-5,8,11,14H/t11-/m0/s1. The highest BCUT2D eigenvalue weighted by Crippen LogP contribution is 1.97. The van der Waals surface area contributed by atoms with Gasteiger partial charge in [0.1, 0.15) is 11.8 Å². The minimum atomic E-state index is -1.00. The van der Waals surface area contributed by atoms with Crippen LogP contribution in [0.25, 0.3) is 0 Å². The van der Waals surface area contributed by atoms with Crippen molar-refractivity contribution in [2.45, 2.75) is 6.04 Å². The molecule has 0 bridgehead atoms. The second-order valence-electron chi connectivity index (χ2n) is 2.75. The van der Waals surface area contributed by atoms with Crippen LogP contribution in [0, 0.1) is 28.1 Å². The number of hydrogen-bond acceptors (Lipinski definition) is 4. The first-order valence-corrected chi connectivity index (χ1v) is 4.24. The van der Waals surface area contributed by atoms with Crippen LogP contribution >= 0.6 is 0 Å². The molecular formula is C11H8N4. The van der Waals surface area contributed by atoms with E-state index in [9.17, 15) is 0 Å². The lowest BCUT2D eigenvalue weighted by atomic mass is 10.2. The molecule has 4 heteroatoms. The quantitative estimate of drug-likeness (QED) is 0.743. The van der Waals surface area contributed by atoms with E-state index in [1.807, 2.05) is 30.3 Å². The van der Waals surface area contributed by atoms with Gasteiger partial charge in [-0.2, -0.15) is 10.5 Å². The summed E-state index contributed by atoms with van der Waals surface area (Å²) in [6.07, 6.45) is 1.49. The van der Waals surface area contributed by atoms with E-state index in [0.29, 0.717) is 0 Å². The van der Waals surface area contributed by atoms with Crippen molar-refractivity contribution in [1.29, 1.82) is 15.9 Å². The van der Waals surface area contributed by atoms with Crippen LogP contribution in [0.3, 0.4) is 0 Å². The average molecular weight is 196 g/mol. The number of nitrogens with one attached hydrogen (secondary N) is 1. The van der Waals surface area contributed by atoms with Gasteiger partial charge in [0.2, 0.25) is 0 Å². The van der Waals surface area contributed by atoms with E-state index >= 15 is 0 Å². The van der Waals surface area contributed by atoms with Crippen molar-refractivity contribution in [3.8, 4) is 12.1 Å². The van der Waals surface area contributed by atoms with Crippen molar-refractivity contribution in [3.63, 3.8) is 0 Å². The van der Waals surface area contributed by atoms with Crippen LogP contribution in [0.2, 0.25) is 0 Å². The number of nitriles is 2. The monoisotopic (exact) mass is 196 g/mol. The summed E-state index contributed by atoms with van der Waals surface area (Å²) in [5.41, 5.74) is 0.494. The number of nitrogens with zero attached hydrogens (tertiary/aromatic N) is 3. The van der Waals surface area contributed by atoms with E-state index in [2.05, 4.69) is 4.99 Å². The zero-order chi connectivity index (χ0) is 11.1. The predicted octanol–water partition coefficient (Wildman–Crippen LogP) is 1.54. The fourth-order valence-corrected chi connectivity index (χ4v) is 0.933. The molecule has 0 unspecified atom stereocenters. The normalized spacial score (nSPS) is 11.6. The van der Waals surface area contributed by atoms with E-state index < -0.39 is 6.04 Å². The molecule has 0 saturated heterocycles. The van der Waals surface area contributed by atoms with Gasteiger partial charge in [-0.3, -0.25) is 10.4 Å². The van der Waals surface area contributed by atoms with E-state index in [1.54, 1.807) is 12.1 Å². The molecule has 72 valence electrons. The lowest BCUT2D eigenvalue weighted by Gasteiger charge is -1.96. The van der Waals surface area contributed by atoms with Crippen LogP contribution in [0.15, 0.2) is 35.3 Å². The number of benzene rings is 1. The highest BCUT2D eigenvalue weighted by molar-refractivity contribution is 6.03. The van der Waals surface area contributed by atoms with Crippen molar-refractivity contribution < 1.29 is 0 Å². The van der Waals surface area contributed by atoms with Gasteiger partial charge in [0.15, 0.2) is 6.04 Å². The van der Waals surface area contributed by atoms with E-state index in [4.69, 9.17) is 15.9 Å². The Kier molecular flexibility index (Phi) is 3.76. The van der Waals surface area contributed by atoms with Crippen molar-refractivity contribution >= 4 is 11.9 Å². The Morgan fingerprint density at radius 2 is 2.00 bits per heavy atom. The summed E-state index contributed by atoms with van der Waals surface area (Å²) in [5, 5.41) is 24.2. The molecule has 0 fully saturated rings. The molecule has 0 spiro atoms. The molecule has 1 rings (SSSR count). The topological polar surface area (TPSA) is 83.8 Å². The third kappa shape index (κ3) is 3.06. The van der Waals surface area contributed by atoms with Gasteiger partial charge < -0.3 is 0 Å². The molecule has 4 nitrogen and oxygen atoms in total. The third-order valence-corrected chi connectivity index (χ3v) is 1.69. The summed E-state index contributed by atoms with van der Waals surface area (Å²) in [6, 6.07) is 11.6. The van der Waals surface area contributed by atoms with Crippen molar-refractivity contribution in [2.75, 3.05) is 0 Å². The van der Waals surface area contributed by atoms with Gasteiger partial charge in [0.25, 0.3) is 0 Å². The number of hydrogen-bond donors (Lipinski definition) is 1. The molecule has 1 N–H and O–H groups in total. The number of rotatable bonds is 3. The van der Waals surface area contributed by atoms with Crippen LogP contribution in [0.1, 0.15) is 5.56 Å². The Morgan fingerprint density at radius 3 is 2.53 bits per heavy atom. The Balaban J connectivity index is 2.78. The summed E-state index contributed by atoms with van der Waals surface area (Å²) in [7, 11) is 0. The second-order valence-corrected chi connectivity index (χ2v) is 2.75. The molecule has 0 aliphatic rings. The molecule has 15 heavy (non-hydrogen) atoms. The fraction of sp³-hybridized carbons (Fsp3) is 0.0909. The highest BCUT2D eigenvalue weighted by atomic mass is 14.8. The van der Waals surface area contributed by atoms with E-state index in [0.717, 1.165) is 5.56 Å². The van der Waals surface area contributed by atoms with Gasteiger partial charge in [-0.25, -0.2) is 0 Å². The van der Waals surface area contributed by atoms with Gasteiger partial charge in [-0.15, -0.1) is 0 Å². The van der Waals surface area contributed by atoms with Gasteiger partial charge in [0.05, 0.1) is 6.07 Å². The van der Waals surface area contributed by atoms with Crippen LogP contribution < -0.4 is 0 Å². The molecule has 0 aromatic heterocycles. The highest BCUT2D eigenvalue weighted by Gasteiger charge is 2.09. The minimum Gasteiger partial charge on any atom is -0.291 e. The van der Waals surface area contributed by atoms with Crippen LogP contribution in [-0.2, 0) is 0 Å². The summed E-state index contributed by atoms with van der Waals surface area (Å²) in [4.78, 5) is 3.85. The minimum absolute atomic E-state index is 0.343. The lowest BCUT2D eigenvalue weighted by Crippen LogP contribution is -2.13. The largest absolute Gasteiger partial charge is 0.291 e. The van der Waals surface area contributed by atoms with E-state index in [1.165, 1.54) is 6.21 Å². The SMILES string of the molecule is N#CC(=N)[C@H](C#N)N=Cc1ccccc1. The summed E-state index contributed by atoms with van der Waals surface area (Å²) < 4.78 is 0. The average Bonchev–Trinajstić information content (AvgIpc) is 2.31. The molecule has 1 aromatic carbocycles. The van der Waals surface area contributed by atoms with Gasteiger partial charge >= 0.3 is 0 Å². The Labute approximate surface area is 87.6 Å². The van der Waals surface area contributed by atoms with Crippen molar-refractivity contribution in [1.82, 2.24) is 0 Å². The maximum Gasteiger partial charge on any atom is 0.187 e. The predicted molar refractivity (Wildman–Crippen MR) is 56.8 cm³/mol. The third-order valence-electron chi connectivity index (χ3n) is 1.69. The van der Waals surface area contributed by atoms with Crippen molar-refractivity contribution in [2.24, 2.45) is 4.99 Å². The van der Waals surface area contributed by atoms with Gasteiger partial charge in [-0.1, -0.05) is 30.3 Å². The molecule has 1 aromatic rings. The molecule has 0 aliphatic heterocycles. The fourth-order valence-electron chi connectivity index (χ4n) is 0.933. The maximum atomic E-state index is 8.65.